The first-order valence-corrected chi connectivity index (χ1v) is 21.2. The monoisotopic (exact) mass is 773 g/mol. The van der Waals surface area contributed by atoms with E-state index < -0.39 is 12.1 Å². The molecular weight excluding hydrogens is 717 g/mol. The Morgan fingerprint density at radius 3 is 1.89 bits per heavy atom. The normalized spacial score (nSPS) is 23.7. The molecule has 12 heteroatoms. The number of hydrogen-bond acceptors (Lipinski definition) is 6. The fraction of sp³-hybridized carbons (Fsp3) is 0.556. The average Bonchev–Trinajstić information content (AvgIpc) is 4.04. The number of fused-ring (bicyclic) bond motifs is 2. The molecule has 0 spiro atoms. The number of aromatic amines is 2. The first-order valence-electron chi connectivity index (χ1n) is 21.2. The molecule has 0 aliphatic carbocycles. The summed E-state index contributed by atoms with van der Waals surface area (Å²) in [4.78, 5) is 76.5. The number of imidazole rings is 2. The highest BCUT2D eigenvalue weighted by Crippen LogP contribution is 2.40. The van der Waals surface area contributed by atoms with Crippen LogP contribution in [0.1, 0.15) is 127 Å². The van der Waals surface area contributed by atoms with Crippen molar-refractivity contribution < 1.29 is 23.7 Å². The van der Waals surface area contributed by atoms with E-state index in [-0.39, 0.29) is 40.2 Å². The molecule has 2 aromatic carbocycles. The molecular formula is C45H57N8O4+. The predicted octanol–water partition coefficient (Wildman–Crippen LogP) is 6.38. The van der Waals surface area contributed by atoms with Gasteiger partial charge in [0.05, 0.1) is 41.7 Å². The Hall–Kier alpha value is -5.02. The standard InChI is InChI=1S/C45H57N8O4/c1-28(2)24-37(50-20-7-12-40(50)54)44(56)52-22-6-10-36(52)42-46-32-18-16-30(26-34(32)48-42)14-15-31-17-19-33-35(27-31)49-43(47-33)39-11-9-23-53(39,5)45(57)38(25-29(3)4)51-21-8-13-41(51)55/h16-19,26-29,36-39H,6-13,20-25H2,1-5H3,(H,46,48)(H,47,49)/q+1/t36-,37-,38-,39-,53?/m0/s1. The lowest BCUT2D eigenvalue weighted by Gasteiger charge is -2.38. The highest BCUT2D eigenvalue weighted by atomic mass is 16.2. The van der Waals surface area contributed by atoms with Crippen molar-refractivity contribution in [2.24, 2.45) is 11.8 Å². The van der Waals surface area contributed by atoms with Gasteiger partial charge in [0, 0.05) is 56.4 Å². The molecule has 0 radical (unpaired) electrons. The Morgan fingerprint density at radius 1 is 0.754 bits per heavy atom. The molecule has 4 fully saturated rings. The Labute approximate surface area is 335 Å². The number of hydrogen-bond donors (Lipinski definition) is 2. The van der Waals surface area contributed by atoms with Gasteiger partial charge in [-0.3, -0.25) is 18.9 Å². The second kappa shape index (κ2) is 15.7. The van der Waals surface area contributed by atoms with Crippen LogP contribution < -0.4 is 0 Å². The fourth-order valence-corrected chi connectivity index (χ4v) is 9.86. The lowest BCUT2D eigenvalue weighted by Crippen LogP contribution is -2.58. The van der Waals surface area contributed by atoms with E-state index in [1.54, 1.807) is 0 Å². The molecule has 2 aromatic heterocycles. The summed E-state index contributed by atoms with van der Waals surface area (Å²) in [6.45, 7) is 11.1. The number of quaternary nitrogens is 1. The molecule has 0 bridgehead atoms. The van der Waals surface area contributed by atoms with Crippen molar-refractivity contribution in [1.29, 1.82) is 0 Å². The summed E-state index contributed by atoms with van der Waals surface area (Å²) < 4.78 is 0.249. The maximum Gasteiger partial charge on any atom is 0.336 e. The lowest BCUT2D eigenvalue weighted by atomic mass is 9.99. The van der Waals surface area contributed by atoms with Crippen LogP contribution >= 0.6 is 0 Å². The average molecular weight is 774 g/mol. The lowest BCUT2D eigenvalue weighted by molar-refractivity contribution is -0.854. The number of aromatic nitrogens is 4. The number of H-pyrrole nitrogens is 2. The van der Waals surface area contributed by atoms with Gasteiger partial charge in [0.2, 0.25) is 17.7 Å². The summed E-state index contributed by atoms with van der Waals surface area (Å²) in [5, 5.41) is 0. The van der Waals surface area contributed by atoms with Gasteiger partial charge in [-0.25, -0.2) is 14.8 Å². The van der Waals surface area contributed by atoms with Gasteiger partial charge >= 0.3 is 5.91 Å². The SMILES string of the molecule is CC(C)C[C@@H](C(=O)N1CCC[C@H]1c1nc2ccc(C#Cc3ccc4nc([C@@H]5CCC[N+]5(C)C(=O)[C@H](CC(C)C)N5CCCC5=O)[nH]c4c3)cc2[nH]1)N1CCCC1=O. The van der Waals surface area contributed by atoms with Gasteiger partial charge in [-0.15, -0.1) is 0 Å². The highest BCUT2D eigenvalue weighted by Gasteiger charge is 2.51. The number of nitrogens with one attached hydrogen (secondary N) is 2. The first kappa shape index (κ1) is 38.8. The minimum atomic E-state index is -0.425. The Morgan fingerprint density at radius 2 is 1.32 bits per heavy atom. The van der Waals surface area contributed by atoms with E-state index in [1.165, 1.54) is 0 Å². The molecule has 4 amide bonds. The van der Waals surface area contributed by atoms with Gasteiger partial charge in [0.1, 0.15) is 17.9 Å². The molecule has 0 saturated carbocycles. The van der Waals surface area contributed by atoms with Crippen LogP contribution in [0.2, 0.25) is 0 Å². The van der Waals surface area contributed by atoms with Crippen LogP contribution in [0.25, 0.3) is 22.1 Å². The maximum atomic E-state index is 14.4. The number of carbonyl (C=O) groups is 4. The minimum Gasteiger partial charge on any atom is -0.340 e. The van der Waals surface area contributed by atoms with Crippen molar-refractivity contribution in [3.8, 4) is 11.8 Å². The topological polar surface area (TPSA) is 135 Å². The van der Waals surface area contributed by atoms with Crippen LogP contribution in [0.3, 0.4) is 0 Å². The van der Waals surface area contributed by atoms with E-state index >= 15 is 0 Å². The number of likely N-dealkylation sites (N-methyl/N-ethyl adjacent to an activating group) is 1. The van der Waals surface area contributed by atoms with Crippen molar-refractivity contribution in [2.75, 3.05) is 33.2 Å². The van der Waals surface area contributed by atoms with E-state index in [4.69, 9.17) is 9.97 Å². The second-order valence-electron chi connectivity index (χ2n) is 17.8. The molecule has 6 heterocycles. The zero-order chi connectivity index (χ0) is 40.0. The predicted molar refractivity (Wildman–Crippen MR) is 218 cm³/mol. The summed E-state index contributed by atoms with van der Waals surface area (Å²) >= 11 is 0. The number of amides is 4. The van der Waals surface area contributed by atoms with Crippen LogP contribution in [0.15, 0.2) is 36.4 Å². The van der Waals surface area contributed by atoms with Crippen molar-refractivity contribution in [2.45, 2.75) is 116 Å². The molecule has 5 atom stereocenters. The largest absolute Gasteiger partial charge is 0.340 e. The zero-order valence-electron chi connectivity index (χ0n) is 34.1. The minimum absolute atomic E-state index is 0.0325. The number of benzene rings is 2. The Kier molecular flexibility index (Phi) is 10.7. The molecule has 4 aliphatic heterocycles. The number of nitrogens with zero attached hydrogens (tertiary/aromatic N) is 6. The van der Waals surface area contributed by atoms with Crippen LogP contribution in [-0.4, -0.2) is 108 Å². The Bertz CT molecular complexity index is 2260. The second-order valence-corrected chi connectivity index (χ2v) is 17.8. The third kappa shape index (κ3) is 7.59. The molecule has 300 valence electrons. The van der Waals surface area contributed by atoms with Crippen LogP contribution in [0.5, 0.6) is 0 Å². The third-order valence-electron chi connectivity index (χ3n) is 12.7. The molecule has 2 N–H and O–H groups in total. The van der Waals surface area contributed by atoms with Crippen molar-refractivity contribution in [3.63, 3.8) is 0 Å². The fourth-order valence-electron chi connectivity index (χ4n) is 9.86. The molecule has 8 rings (SSSR count). The number of likely N-dealkylation sites (tertiary alicyclic amines) is 4. The van der Waals surface area contributed by atoms with Crippen LogP contribution in [0, 0.1) is 23.7 Å². The maximum absolute atomic E-state index is 14.4. The summed E-state index contributed by atoms with van der Waals surface area (Å²) in [6.07, 6.45) is 7.48. The molecule has 4 saturated heterocycles. The molecule has 1 unspecified atom stereocenters. The van der Waals surface area contributed by atoms with Gasteiger partial charge in [-0.1, -0.05) is 39.5 Å². The highest BCUT2D eigenvalue weighted by molar-refractivity contribution is 5.89. The van der Waals surface area contributed by atoms with Gasteiger partial charge in [0.25, 0.3) is 0 Å². The van der Waals surface area contributed by atoms with E-state index in [1.807, 2.05) is 58.1 Å². The van der Waals surface area contributed by atoms with E-state index in [0.717, 1.165) is 89.9 Å². The van der Waals surface area contributed by atoms with E-state index in [0.29, 0.717) is 57.2 Å². The molecule has 12 nitrogen and oxygen atoms in total. The van der Waals surface area contributed by atoms with Crippen LogP contribution in [0.4, 0.5) is 0 Å². The summed E-state index contributed by atoms with van der Waals surface area (Å²) in [7, 11) is 2.03. The molecule has 4 aromatic rings. The molecule has 4 aliphatic rings. The molecule has 57 heavy (non-hydrogen) atoms. The van der Waals surface area contributed by atoms with E-state index in [9.17, 15) is 19.2 Å². The van der Waals surface area contributed by atoms with E-state index in [2.05, 4.69) is 49.5 Å². The summed E-state index contributed by atoms with van der Waals surface area (Å²) in [6, 6.07) is 10.8. The van der Waals surface area contributed by atoms with Crippen molar-refractivity contribution >= 4 is 45.7 Å². The summed E-state index contributed by atoms with van der Waals surface area (Å²) in [5.41, 5.74) is 5.11. The van der Waals surface area contributed by atoms with Crippen LogP contribution in [-0.2, 0) is 19.2 Å². The van der Waals surface area contributed by atoms with Gasteiger partial charge in [0.15, 0.2) is 11.9 Å². The Balaban J connectivity index is 0.991. The smallest absolute Gasteiger partial charge is 0.336 e. The van der Waals surface area contributed by atoms with Gasteiger partial charge in [-0.2, -0.15) is 0 Å². The van der Waals surface area contributed by atoms with Gasteiger partial charge < -0.3 is 24.7 Å². The third-order valence-corrected chi connectivity index (χ3v) is 12.7. The quantitative estimate of drug-likeness (QED) is 0.142. The number of rotatable bonds is 10. The van der Waals surface area contributed by atoms with Crippen molar-refractivity contribution in [1.82, 2.24) is 34.6 Å². The summed E-state index contributed by atoms with van der Waals surface area (Å²) in [5.74, 6) is 9.16. The van der Waals surface area contributed by atoms with Gasteiger partial charge in [-0.05, 0) is 86.8 Å². The first-order chi connectivity index (χ1) is 27.4. The zero-order valence-corrected chi connectivity index (χ0v) is 34.1. The number of carbonyl (C=O) groups excluding carboxylic acids is 4. The van der Waals surface area contributed by atoms with Crippen molar-refractivity contribution in [3.05, 3.63) is 59.2 Å².